The maximum atomic E-state index is 12.8. The van der Waals surface area contributed by atoms with Gasteiger partial charge in [0.15, 0.2) is 10.4 Å². The molecule has 3 heterocycles. The molecule has 0 spiro atoms. The lowest BCUT2D eigenvalue weighted by atomic mass is 10.1. The number of nitrogens with one attached hydrogen (secondary N) is 1. The predicted octanol–water partition coefficient (Wildman–Crippen LogP) is 4.58. The summed E-state index contributed by atoms with van der Waals surface area (Å²) in [5.41, 5.74) is 3.44. The number of thiophene rings is 1. The molecule has 29 heavy (non-hydrogen) atoms. The van der Waals surface area contributed by atoms with Gasteiger partial charge in [0.25, 0.3) is 5.56 Å². The minimum atomic E-state index is -0.606. The van der Waals surface area contributed by atoms with Gasteiger partial charge in [-0.3, -0.25) is 14.3 Å². The second kappa shape index (κ2) is 7.38. The van der Waals surface area contributed by atoms with E-state index in [0.717, 1.165) is 21.7 Å². The van der Waals surface area contributed by atoms with E-state index in [2.05, 4.69) is 4.98 Å². The van der Waals surface area contributed by atoms with Gasteiger partial charge in [0.1, 0.15) is 0 Å². The van der Waals surface area contributed by atoms with E-state index in [-0.39, 0.29) is 15.7 Å². The minimum Gasteiger partial charge on any atom is -0.465 e. The van der Waals surface area contributed by atoms with Gasteiger partial charge in [-0.2, -0.15) is 0 Å². The number of nitrogens with zero attached hydrogens (tertiary/aromatic N) is 2. The van der Waals surface area contributed by atoms with Crippen molar-refractivity contribution in [2.24, 2.45) is 0 Å². The highest BCUT2D eigenvalue weighted by atomic mass is 32.1. The molecule has 3 aromatic heterocycles. The molecule has 0 saturated carbocycles. The van der Waals surface area contributed by atoms with Crippen LogP contribution in [0.5, 0.6) is 0 Å². The van der Waals surface area contributed by atoms with Gasteiger partial charge in [-0.25, -0.2) is 9.78 Å². The molecule has 6 nitrogen and oxygen atoms in total. The maximum Gasteiger partial charge on any atom is 0.338 e. The van der Waals surface area contributed by atoms with Crippen molar-refractivity contribution in [2.45, 2.75) is 13.8 Å². The first-order valence-electron chi connectivity index (χ1n) is 8.81. The van der Waals surface area contributed by atoms with Crippen LogP contribution in [0, 0.1) is 18.6 Å². The van der Waals surface area contributed by atoms with Crippen LogP contribution in [0.25, 0.3) is 27.3 Å². The average Bonchev–Trinajstić information content (AvgIpc) is 3.24. The number of ether oxygens (including phenoxy) is 1. The van der Waals surface area contributed by atoms with Crippen LogP contribution in [0.15, 0.2) is 46.6 Å². The van der Waals surface area contributed by atoms with Crippen LogP contribution < -0.4 is 5.56 Å². The standard InChI is InChI=1S/C21H17N3O3S2/c1-11-6-4-7-15(12(11)2)24-18-17(19(25)23-21(24)28)13(20(26)27-3)10-14(22-18)16-8-5-9-29-16/h4-10H,1-3H3,(H,23,25,28). The minimum absolute atomic E-state index is 0.145. The second-order valence-corrected chi connectivity index (χ2v) is 7.87. The summed E-state index contributed by atoms with van der Waals surface area (Å²) < 4.78 is 6.86. The molecule has 0 amide bonds. The number of aryl methyl sites for hydroxylation is 1. The van der Waals surface area contributed by atoms with E-state index in [9.17, 15) is 9.59 Å². The van der Waals surface area contributed by atoms with Crippen molar-refractivity contribution in [1.82, 2.24) is 14.5 Å². The van der Waals surface area contributed by atoms with Crippen molar-refractivity contribution >= 4 is 40.6 Å². The van der Waals surface area contributed by atoms with Gasteiger partial charge in [0.2, 0.25) is 0 Å². The first kappa shape index (κ1) is 19.2. The summed E-state index contributed by atoms with van der Waals surface area (Å²) in [6.07, 6.45) is 0. The lowest BCUT2D eigenvalue weighted by Crippen LogP contribution is -2.19. The summed E-state index contributed by atoms with van der Waals surface area (Å²) >= 11 is 6.98. The molecule has 146 valence electrons. The molecule has 0 radical (unpaired) electrons. The molecule has 0 aliphatic heterocycles. The van der Waals surface area contributed by atoms with Crippen LogP contribution in [0.2, 0.25) is 0 Å². The number of pyridine rings is 1. The lowest BCUT2D eigenvalue weighted by Gasteiger charge is -2.16. The maximum absolute atomic E-state index is 12.8. The zero-order valence-electron chi connectivity index (χ0n) is 16.0. The van der Waals surface area contributed by atoms with Crippen LogP contribution in [0.1, 0.15) is 21.5 Å². The van der Waals surface area contributed by atoms with Crippen molar-refractivity contribution in [3.63, 3.8) is 0 Å². The van der Waals surface area contributed by atoms with Crippen LogP contribution in [-0.4, -0.2) is 27.6 Å². The Morgan fingerprint density at radius 1 is 1.24 bits per heavy atom. The number of hydrogen-bond donors (Lipinski definition) is 1. The number of H-pyrrole nitrogens is 1. The van der Waals surface area contributed by atoms with E-state index < -0.39 is 11.5 Å². The molecule has 1 N–H and O–H groups in total. The number of benzene rings is 1. The van der Waals surface area contributed by atoms with Gasteiger partial charge in [0, 0.05) is 0 Å². The van der Waals surface area contributed by atoms with Crippen LogP contribution in [-0.2, 0) is 4.74 Å². The average molecular weight is 424 g/mol. The molecule has 8 heteroatoms. The first-order valence-corrected chi connectivity index (χ1v) is 10.1. The van der Waals surface area contributed by atoms with Gasteiger partial charge in [-0.05, 0) is 60.8 Å². The first-order chi connectivity index (χ1) is 13.9. The number of methoxy groups -OCH3 is 1. The van der Waals surface area contributed by atoms with Crippen LogP contribution in [0.3, 0.4) is 0 Å². The number of fused-ring (bicyclic) bond motifs is 1. The number of aromatic amines is 1. The highest BCUT2D eigenvalue weighted by molar-refractivity contribution is 7.71. The van der Waals surface area contributed by atoms with Gasteiger partial charge < -0.3 is 4.74 Å². The normalized spacial score (nSPS) is 11.0. The summed E-state index contributed by atoms with van der Waals surface area (Å²) in [6, 6.07) is 11.2. The molecular weight excluding hydrogens is 406 g/mol. The van der Waals surface area contributed by atoms with Gasteiger partial charge in [-0.1, -0.05) is 18.2 Å². The summed E-state index contributed by atoms with van der Waals surface area (Å²) in [4.78, 5) is 33.6. The fraction of sp³-hybridized carbons (Fsp3) is 0.143. The van der Waals surface area contributed by atoms with Gasteiger partial charge in [-0.15, -0.1) is 11.3 Å². The van der Waals surface area contributed by atoms with Crippen molar-refractivity contribution < 1.29 is 9.53 Å². The number of carbonyl (C=O) groups excluding carboxylic acids is 1. The number of rotatable bonds is 3. The topological polar surface area (TPSA) is 77.0 Å². The monoisotopic (exact) mass is 423 g/mol. The second-order valence-electron chi connectivity index (χ2n) is 6.54. The third-order valence-corrected chi connectivity index (χ3v) is 6.04. The van der Waals surface area contributed by atoms with Gasteiger partial charge >= 0.3 is 5.97 Å². The van der Waals surface area contributed by atoms with Crippen molar-refractivity contribution in [3.8, 4) is 16.3 Å². The smallest absolute Gasteiger partial charge is 0.338 e. The summed E-state index contributed by atoms with van der Waals surface area (Å²) in [5.74, 6) is -0.606. The van der Waals surface area contributed by atoms with E-state index in [1.165, 1.54) is 18.4 Å². The third kappa shape index (κ3) is 3.20. The largest absolute Gasteiger partial charge is 0.465 e. The SMILES string of the molecule is COC(=O)c1cc(-c2cccs2)nc2c1c(=O)[nH]c(=S)n2-c1cccc(C)c1C. The van der Waals surface area contributed by atoms with E-state index in [1.54, 1.807) is 10.6 Å². The van der Waals surface area contributed by atoms with Crippen molar-refractivity contribution in [3.05, 3.63) is 73.6 Å². The molecule has 0 aliphatic rings. The fourth-order valence-corrected chi connectivity index (χ4v) is 4.22. The van der Waals surface area contributed by atoms with Crippen LogP contribution in [0.4, 0.5) is 0 Å². The summed E-state index contributed by atoms with van der Waals surface area (Å²) in [5, 5.41) is 2.07. The molecular formula is C21H17N3O3S2. The molecule has 0 bridgehead atoms. The Morgan fingerprint density at radius 3 is 2.72 bits per heavy atom. The molecule has 0 aliphatic carbocycles. The Balaban J connectivity index is 2.22. The Kier molecular flexibility index (Phi) is 4.89. The molecule has 0 saturated heterocycles. The lowest BCUT2D eigenvalue weighted by molar-refractivity contribution is 0.0603. The van der Waals surface area contributed by atoms with Crippen molar-refractivity contribution in [2.75, 3.05) is 7.11 Å². The fourth-order valence-electron chi connectivity index (χ4n) is 3.25. The molecule has 0 atom stereocenters. The Labute approximate surface area is 175 Å². The Morgan fingerprint density at radius 2 is 2.03 bits per heavy atom. The zero-order valence-corrected chi connectivity index (χ0v) is 17.6. The molecule has 0 fully saturated rings. The van der Waals surface area contributed by atoms with Crippen LogP contribution >= 0.6 is 23.6 Å². The van der Waals surface area contributed by atoms with Gasteiger partial charge in [0.05, 0.1) is 34.3 Å². The highest BCUT2D eigenvalue weighted by Gasteiger charge is 2.21. The Hall–Kier alpha value is -3.10. The van der Waals surface area contributed by atoms with E-state index in [4.69, 9.17) is 21.9 Å². The molecule has 4 aromatic rings. The van der Waals surface area contributed by atoms with E-state index in [0.29, 0.717) is 11.3 Å². The van der Waals surface area contributed by atoms with E-state index >= 15 is 0 Å². The van der Waals surface area contributed by atoms with E-state index in [1.807, 2.05) is 49.6 Å². The molecule has 4 rings (SSSR count). The third-order valence-electron chi connectivity index (χ3n) is 4.86. The predicted molar refractivity (Wildman–Crippen MR) is 117 cm³/mol. The number of esters is 1. The zero-order chi connectivity index (χ0) is 20.7. The molecule has 1 aromatic carbocycles. The quantitative estimate of drug-likeness (QED) is 0.386. The number of carbonyl (C=O) groups is 1. The summed E-state index contributed by atoms with van der Waals surface area (Å²) in [7, 11) is 1.29. The summed E-state index contributed by atoms with van der Waals surface area (Å²) in [6.45, 7) is 3.98. The highest BCUT2D eigenvalue weighted by Crippen LogP contribution is 2.29. The molecule has 0 unspecified atom stereocenters. The van der Waals surface area contributed by atoms with Crippen molar-refractivity contribution in [1.29, 1.82) is 0 Å². The Bertz CT molecular complexity index is 1370. The number of hydrogen-bond acceptors (Lipinski definition) is 6. The number of aromatic nitrogens is 3.